The third-order valence-electron chi connectivity index (χ3n) is 3.13. The van der Waals surface area contributed by atoms with Crippen molar-refractivity contribution in [1.82, 2.24) is 0 Å². The Labute approximate surface area is 122 Å². The molecule has 0 bridgehead atoms. The van der Waals surface area contributed by atoms with Crippen molar-refractivity contribution in [3.63, 3.8) is 0 Å². The minimum Gasteiger partial charge on any atom is -0.455 e. The Morgan fingerprint density at radius 2 is 1.86 bits per heavy atom. The van der Waals surface area contributed by atoms with Gasteiger partial charge >= 0.3 is 0 Å². The zero-order chi connectivity index (χ0) is 15.6. The van der Waals surface area contributed by atoms with Crippen LogP contribution in [0, 0.1) is 25.2 Å². The van der Waals surface area contributed by atoms with Gasteiger partial charge in [-0.1, -0.05) is 6.07 Å². The second-order valence-electron chi connectivity index (χ2n) is 4.73. The Balaban J connectivity index is 2.47. The highest BCUT2D eigenvalue weighted by atomic mass is 16.5. The summed E-state index contributed by atoms with van der Waals surface area (Å²) in [5.74, 6) is 0.371. The monoisotopic (exact) mass is 281 g/mol. The van der Waals surface area contributed by atoms with E-state index in [1.54, 1.807) is 30.3 Å². The fraction of sp³-hybridized carbons (Fsp3) is 0.125. The molecule has 0 saturated carbocycles. The summed E-state index contributed by atoms with van der Waals surface area (Å²) in [6.07, 6.45) is 0. The maximum absolute atomic E-state index is 11.3. The lowest BCUT2D eigenvalue weighted by atomic mass is 10.1. The lowest BCUT2D eigenvalue weighted by molar-refractivity contribution is 0.100. The van der Waals surface area contributed by atoms with Gasteiger partial charge in [-0.3, -0.25) is 4.79 Å². The molecule has 0 fully saturated rings. The number of nitrogen functional groups attached to an aromatic ring is 1. The molecular formula is C16H15N3O2. The summed E-state index contributed by atoms with van der Waals surface area (Å²) >= 11 is 0. The predicted molar refractivity (Wildman–Crippen MR) is 80.1 cm³/mol. The molecule has 1 amide bonds. The molecule has 21 heavy (non-hydrogen) atoms. The summed E-state index contributed by atoms with van der Waals surface area (Å²) < 4.78 is 5.82. The number of nitriles is 1. The van der Waals surface area contributed by atoms with Crippen molar-refractivity contribution in [2.24, 2.45) is 5.73 Å². The predicted octanol–water partition coefficient (Wildman–Crippen LogP) is 2.65. The van der Waals surface area contributed by atoms with E-state index in [0.717, 1.165) is 11.1 Å². The van der Waals surface area contributed by atoms with Gasteiger partial charge in [0.25, 0.3) is 5.91 Å². The van der Waals surface area contributed by atoms with Gasteiger partial charge in [0.2, 0.25) is 0 Å². The SMILES string of the molecule is Cc1cc(C#N)cc(C)c1Oc1cccc(C(N)=O)c1N. The van der Waals surface area contributed by atoms with Crippen molar-refractivity contribution in [3.05, 3.63) is 52.6 Å². The van der Waals surface area contributed by atoms with E-state index in [4.69, 9.17) is 21.5 Å². The van der Waals surface area contributed by atoms with Gasteiger partial charge < -0.3 is 16.2 Å². The Kier molecular flexibility index (Phi) is 3.81. The minimum atomic E-state index is -0.605. The van der Waals surface area contributed by atoms with Crippen LogP contribution in [0.15, 0.2) is 30.3 Å². The third-order valence-corrected chi connectivity index (χ3v) is 3.13. The quantitative estimate of drug-likeness (QED) is 0.844. The standard InChI is InChI=1S/C16H15N3O2/c1-9-6-11(8-17)7-10(2)15(9)21-13-5-3-4-12(14(13)18)16(19)20/h3-7H,18H2,1-2H3,(H2,19,20). The highest BCUT2D eigenvalue weighted by molar-refractivity contribution is 5.99. The summed E-state index contributed by atoms with van der Waals surface area (Å²) in [6, 6.07) is 10.4. The van der Waals surface area contributed by atoms with E-state index in [-0.39, 0.29) is 11.3 Å². The first-order chi connectivity index (χ1) is 9.93. The van der Waals surface area contributed by atoms with E-state index in [2.05, 4.69) is 6.07 Å². The van der Waals surface area contributed by atoms with Crippen molar-refractivity contribution >= 4 is 11.6 Å². The Morgan fingerprint density at radius 3 is 2.38 bits per heavy atom. The number of carbonyl (C=O) groups excluding carboxylic acids is 1. The lowest BCUT2D eigenvalue weighted by Gasteiger charge is -2.14. The lowest BCUT2D eigenvalue weighted by Crippen LogP contribution is -2.13. The second kappa shape index (κ2) is 5.55. The van der Waals surface area contributed by atoms with Crippen molar-refractivity contribution in [2.45, 2.75) is 13.8 Å². The smallest absolute Gasteiger partial charge is 0.250 e. The third kappa shape index (κ3) is 2.79. The zero-order valence-corrected chi connectivity index (χ0v) is 11.8. The first-order valence-corrected chi connectivity index (χ1v) is 6.31. The van der Waals surface area contributed by atoms with E-state index in [9.17, 15) is 4.79 Å². The number of nitrogens with zero attached hydrogens (tertiary/aromatic N) is 1. The first kappa shape index (κ1) is 14.4. The number of amides is 1. The number of benzene rings is 2. The van der Waals surface area contributed by atoms with Gasteiger partial charge in [-0.05, 0) is 49.2 Å². The van der Waals surface area contributed by atoms with Crippen molar-refractivity contribution in [3.8, 4) is 17.6 Å². The summed E-state index contributed by atoms with van der Waals surface area (Å²) in [4.78, 5) is 11.3. The summed E-state index contributed by atoms with van der Waals surface area (Å²) in [5.41, 5.74) is 13.8. The molecule has 0 atom stereocenters. The van der Waals surface area contributed by atoms with Crippen LogP contribution in [0.2, 0.25) is 0 Å². The van der Waals surface area contributed by atoms with E-state index in [0.29, 0.717) is 17.1 Å². The summed E-state index contributed by atoms with van der Waals surface area (Å²) in [7, 11) is 0. The number of ether oxygens (including phenoxy) is 1. The average Bonchev–Trinajstić information content (AvgIpc) is 2.43. The molecule has 5 nitrogen and oxygen atoms in total. The van der Waals surface area contributed by atoms with Crippen LogP contribution in [0.1, 0.15) is 27.0 Å². The van der Waals surface area contributed by atoms with E-state index >= 15 is 0 Å². The highest BCUT2D eigenvalue weighted by Crippen LogP contribution is 2.34. The van der Waals surface area contributed by atoms with Crippen LogP contribution in [0.4, 0.5) is 5.69 Å². The first-order valence-electron chi connectivity index (χ1n) is 6.31. The molecule has 4 N–H and O–H groups in total. The molecule has 0 aliphatic carbocycles. The number of hydrogen-bond acceptors (Lipinski definition) is 4. The molecule has 0 saturated heterocycles. The number of carbonyl (C=O) groups is 1. The fourth-order valence-corrected chi connectivity index (χ4v) is 2.13. The maximum Gasteiger partial charge on any atom is 0.250 e. The highest BCUT2D eigenvalue weighted by Gasteiger charge is 2.13. The van der Waals surface area contributed by atoms with Crippen LogP contribution < -0.4 is 16.2 Å². The van der Waals surface area contributed by atoms with Crippen LogP contribution in [0.25, 0.3) is 0 Å². The molecule has 0 aliphatic heterocycles. The van der Waals surface area contributed by atoms with Gasteiger partial charge in [0.15, 0.2) is 5.75 Å². The zero-order valence-electron chi connectivity index (χ0n) is 11.8. The van der Waals surface area contributed by atoms with Crippen molar-refractivity contribution in [1.29, 1.82) is 5.26 Å². The Morgan fingerprint density at radius 1 is 1.24 bits per heavy atom. The van der Waals surface area contributed by atoms with Crippen molar-refractivity contribution in [2.75, 3.05) is 5.73 Å². The molecule has 106 valence electrons. The number of hydrogen-bond donors (Lipinski definition) is 2. The number of primary amides is 1. The van der Waals surface area contributed by atoms with Crippen LogP contribution >= 0.6 is 0 Å². The molecule has 0 aromatic heterocycles. The molecule has 2 aromatic rings. The van der Waals surface area contributed by atoms with Gasteiger partial charge in [0.1, 0.15) is 5.75 Å². The number of rotatable bonds is 3. The molecule has 0 radical (unpaired) electrons. The average molecular weight is 281 g/mol. The summed E-state index contributed by atoms with van der Waals surface area (Å²) in [5, 5.41) is 8.95. The molecule has 0 spiro atoms. The van der Waals surface area contributed by atoms with E-state index in [1.807, 2.05) is 13.8 Å². The molecular weight excluding hydrogens is 266 g/mol. The number of aryl methyl sites for hydroxylation is 2. The topological polar surface area (TPSA) is 102 Å². The van der Waals surface area contributed by atoms with Crippen LogP contribution in [0.3, 0.4) is 0 Å². The maximum atomic E-state index is 11.3. The molecule has 2 aromatic carbocycles. The summed E-state index contributed by atoms with van der Waals surface area (Å²) in [6.45, 7) is 3.69. The molecule has 5 heteroatoms. The second-order valence-corrected chi connectivity index (χ2v) is 4.73. The van der Waals surface area contributed by atoms with E-state index < -0.39 is 5.91 Å². The van der Waals surface area contributed by atoms with Gasteiger partial charge in [-0.15, -0.1) is 0 Å². The van der Waals surface area contributed by atoms with Gasteiger partial charge in [-0.2, -0.15) is 5.26 Å². The number of nitrogens with two attached hydrogens (primary N) is 2. The van der Waals surface area contributed by atoms with Crippen LogP contribution in [-0.2, 0) is 0 Å². The fourth-order valence-electron chi connectivity index (χ4n) is 2.13. The van der Waals surface area contributed by atoms with Gasteiger partial charge in [-0.25, -0.2) is 0 Å². The number of para-hydroxylation sites is 1. The minimum absolute atomic E-state index is 0.202. The Hall–Kier alpha value is -3.00. The van der Waals surface area contributed by atoms with Gasteiger partial charge in [0.05, 0.1) is 22.9 Å². The molecule has 0 heterocycles. The Bertz CT molecular complexity index is 738. The molecule has 2 rings (SSSR count). The molecule has 0 aliphatic rings. The largest absolute Gasteiger partial charge is 0.455 e. The van der Waals surface area contributed by atoms with Crippen LogP contribution in [0.5, 0.6) is 11.5 Å². The normalized spacial score (nSPS) is 9.95. The molecule has 0 unspecified atom stereocenters. The van der Waals surface area contributed by atoms with Crippen molar-refractivity contribution < 1.29 is 9.53 Å². The van der Waals surface area contributed by atoms with Gasteiger partial charge in [0, 0.05) is 0 Å². The van der Waals surface area contributed by atoms with E-state index in [1.165, 1.54) is 0 Å². The van der Waals surface area contributed by atoms with Crippen LogP contribution in [-0.4, -0.2) is 5.91 Å². The number of anilines is 1.